The highest BCUT2D eigenvalue weighted by Crippen LogP contribution is 2.24. The van der Waals surface area contributed by atoms with Crippen LogP contribution < -0.4 is 11.1 Å². The molecule has 3 nitrogen and oxygen atoms in total. The molecule has 0 aliphatic carbocycles. The molecule has 0 fully saturated rings. The molecule has 3 N–H and O–H groups in total. The van der Waals surface area contributed by atoms with E-state index in [4.69, 9.17) is 5.73 Å². The summed E-state index contributed by atoms with van der Waals surface area (Å²) in [6.07, 6.45) is 0. The number of nitrogens with two attached hydrogens (primary N) is 1. The number of amides is 1. The second-order valence-corrected chi connectivity index (χ2v) is 4.71. The van der Waals surface area contributed by atoms with Gasteiger partial charge in [-0.2, -0.15) is 0 Å². The van der Waals surface area contributed by atoms with Crippen LogP contribution in [0.1, 0.15) is 21.5 Å². The van der Waals surface area contributed by atoms with E-state index in [0.29, 0.717) is 0 Å². The Bertz CT molecular complexity index is 729. The zero-order chi connectivity index (χ0) is 15.7. The fourth-order valence-corrected chi connectivity index (χ4v) is 1.91. The van der Waals surface area contributed by atoms with Gasteiger partial charge in [-0.3, -0.25) is 4.79 Å². The zero-order valence-electron chi connectivity index (χ0n) is 11.4. The monoisotopic (exact) mass is 294 g/mol. The van der Waals surface area contributed by atoms with Crippen LogP contribution in [0.3, 0.4) is 0 Å². The maximum atomic E-state index is 13.9. The number of anilines is 2. The predicted octanol–water partition coefficient (Wildman–Crippen LogP) is 3.56. The van der Waals surface area contributed by atoms with Crippen LogP contribution in [0.4, 0.5) is 24.5 Å². The molecular formula is C15H13F3N2O. The summed E-state index contributed by atoms with van der Waals surface area (Å²) in [5.74, 6) is -3.58. The normalized spacial score (nSPS) is 10.5. The SMILES string of the molecule is Cc1cc(N)cc(C(=O)Nc2c(F)ccc(C)c2F)c1F. The molecule has 110 valence electrons. The van der Waals surface area contributed by atoms with Gasteiger partial charge in [-0.25, -0.2) is 13.2 Å². The Labute approximate surface area is 119 Å². The Morgan fingerprint density at radius 2 is 1.71 bits per heavy atom. The Hall–Kier alpha value is -2.50. The molecule has 21 heavy (non-hydrogen) atoms. The molecule has 0 heterocycles. The fraction of sp³-hybridized carbons (Fsp3) is 0.133. The Kier molecular flexibility index (Phi) is 3.88. The van der Waals surface area contributed by atoms with Gasteiger partial charge in [-0.05, 0) is 43.2 Å². The number of carbonyl (C=O) groups is 1. The number of halogens is 3. The van der Waals surface area contributed by atoms with Crippen molar-refractivity contribution in [1.82, 2.24) is 0 Å². The van der Waals surface area contributed by atoms with Crippen LogP contribution in [0, 0.1) is 31.3 Å². The molecule has 0 radical (unpaired) electrons. The van der Waals surface area contributed by atoms with E-state index in [1.165, 1.54) is 26.0 Å². The minimum atomic E-state index is -0.966. The van der Waals surface area contributed by atoms with Crippen LogP contribution in [0.15, 0.2) is 24.3 Å². The Balaban J connectivity index is 2.42. The van der Waals surface area contributed by atoms with Gasteiger partial charge in [0, 0.05) is 5.69 Å². The molecule has 0 unspecified atom stereocenters. The number of nitrogen functional groups attached to an aromatic ring is 1. The first kappa shape index (κ1) is 14.9. The maximum absolute atomic E-state index is 13.9. The van der Waals surface area contributed by atoms with Crippen molar-refractivity contribution in [1.29, 1.82) is 0 Å². The lowest BCUT2D eigenvalue weighted by atomic mass is 10.1. The number of carbonyl (C=O) groups excluding carboxylic acids is 1. The van der Waals surface area contributed by atoms with Crippen molar-refractivity contribution in [2.45, 2.75) is 13.8 Å². The largest absolute Gasteiger partial charge is 0.399 e. The average molecular weight is 294 g/mol. The number of benzene rings is 2. The highest BCUT2D eigenvalue weighted by atomic mass is 19.1. The second kappa shape index (κ2) is 5.47. The van der Waals surface area contributed by atoms with Crippen molar-refractivity contribution >= 4 is 17.3 Å². The smallest absolute Gasteiger partial charge is 0.258 e. The van der Waals surface area contributed by atoms with Crippen molar-refractivity contribution in [3.05, 3.63) is 58.4 Å². The van der Waals surface area contributed by atoms with Gasteiger partial charge in [0.2, 0.25) is 0 Å². The lowest BCUT2D eigenvalue weighted by molar-refractivity contribution is 0.102. The lowest BCUT2D eigenvalue weighted by Crippen LogP contribution is -2.17. The molecule has 2 rings (SSSR count). The maximum Gasteiger partial charge on any atom is 0.258 e. The van der Waals surface area contributed by atoms with Crippen LogP contribution >= 0.6 is 0 Å². The van der Waals surface area contributed by atoms with Gasteiger partial charge in [-0.15, -0.1) is 0 Å². The fourth-order valence-electron chi connectivity index (χ4n) is 1.91. The number of nitrogens with one attached hydrogen (secondary N) is 1. The summed E-state index contributed by atoms with van der Waals surface area (Å²) in [6, 6.07) is 4.74. The summed E-state index contributed by atoms with van der Waals surface area (Å²) in [6.45, 7) is 2.87. The van der Waals surface area contributed by atoms with Crippen molar-refractivity contribution in [3.63, 3.8) is 0 Å². The first-order chi connectivity index (χ1) is 9.81. The van der Waals surface area contributed by atoms with Crippen LogP contribution in [0.25, 0.3) is 0 Å². The summed E-state index contributed by atoms with van der Waals surface area (Å²) >= 11 is 0. The number of hydrogen-bond donors (Lipinski definition) is 2. The third-order valence-corrected chi connectivity index (χ3v) is 3.04. The van der Waals surface area contributed by atoms with E-state index in [1.807, 2.05) is 5.32 Å². The number of aryl methyl sites for hydroxylation is 2. The molecule has 0 saturated heterocycles. The van der Waals surface area contributed by atoms with E-state index in [0.717, 1.165) is 12.1 Å². The highest BCUT2D eigenvalue weighted by Gasteiger charge is 2.19. The quantitative estimate of drug-likeness (QED) is 0.832. The molecule has 0 bridgehead atoms. The molecule has 0 aliphatic heterocycles. The highest BCUT2D eigenvalue weighted by molar-refractivity contribution is 6.05. The molecule has 0 aliphatic rings. The molecule has 0 atom stereocenters. The van der Waals surface area contributed by atoms with E-state index in [-0.39, 0.29) is 22.4 Å². The van der Waals surface area contributed by atoms with E-state index in [9.17, 15) is 18.0 Å². The van der Waals surface area contributed by atoms with Gasteiger partial charge >= 0.3 is 0 Å². The van der Waals surface area contributed by atoms with Crippen LogP contribution in [0.5, 0.6) is 0 Å². The minimum absolute atomic E-state index is 0.163. The standard InChI is InChI=1S/C15H13F3N2O/c1-7-3-4-11(16)14(13(7)18)20-15(21)10-6-9(19)5-8(2)12(10)17/h3-6H,19H2,1-2H3,(H,20,21). The molecule has 2 aromatic rings. The summed E-state index contributed by atoms with van der Waals surface area (Å²) in [5.41, 5.74) is 5.09. The first-order valence-electron chi connectivity index (χ1n) is 6.13. The van der Waals surface area contributed by atoms with Gasteiger partial charge < -0.3 is 11.1 Å². The van der Waals surface area contributed by atoms with Gasteiger partial charge in [0.1, 0.15) is 17.3 Å². The molecular weight excluding hydrogens is 281 g/mol. The number of rotatable bonds is 2. The topological polar surface area (TPSA) is 55.1 Å². The summed E-state index contributed by atoms with van der Waals surface area (Å²) < 4.78 is 41.3. The lowest BCUT2D eigenvalue weighted by Gasteiger charge is -2.11. The summed E-state index contributed by atoms with van der Waals surface area (Å²) in [4.78, 5) is 12.0. The second-order valence-electron chi connectivity index (χ2n) is 4.71. The Morgan fingerprint density at radius 3 is 2.38 bits per heavy atom. The first-order valence-corrected chi connectivity index (χ1v) is 6.13. The van der Waals surface area contributed by atoms with Gasteiger partial charge in [0.25, 0.3) is 5.91 Å². The van der Waals surface area contributed by atoms with Crippen LogP contribution in [-0.2, 0) is 0 Å². The van der Waals surface area contributed by atoms with Crippen molar-refractivity contribution in [3.8, 4) is 0 Å². The summed E-state index contributed by atoms with van der Waals surface area (Å²) in [7, 11) is 0. The minimum Gasteiger partial charge on any atom is -0.399 e. The molecule has 0 aromatic heterocycles. The van der Waals surface area contributed by atoms with Crippen LogP contribution in [-0.4, -0.2) is 5.91 Å². The van der Waals surface area contributed by atoms with E-state index < -0.39 is 29.0 Å². The zero-order valence-corrected chi connectivity index (χ0v) is 11.4. The predicted molar refractivity (Wildman–Crippen MR) is 74.6 cm³/mol. The van der Waals surface area contributed by atoms with Crippen molar-refractivity contribution < 1.29 is 18.0 Å². The molecule has 2 aromatic carbocycles. The van der Waals surface area contributed by atoms with Crippen LogP contribution in [0.2, 0.25) is 0 Å². The van der Waals surface area contributed by atoms with E-state index in [1.54, 1.807) is 0 Å². The van der Waals surface area contributed by atoms with E-state index >= 15 is 0 Å². The van der Waals surface area contributed by atoms with Crippen molar-refractivity contribution in [2.24, 2.45) is 0 Å². The third kappa shape index (κ3) is 2.84. The molecule has 0 spiro atoms. The summed E-state index contributed by atoms with van der Waals surface area (Å²) in [5, 5.41) is 2.05. The Morgan fingerprint density at radius 1 is 1.05 bits per heavy atom. The molecule has 0 saturated carbocycles. The third-order valence-electron chi connectivity index (χ3n) is 3.04. The van der Waals surface area contributed by atoms with Gasteiger partial charge in [-0.1, -0.05) is 6.07 Å². The molecule has 6 heteroatoms. The van der Waals surface area contributed by atoms with Gasteiger partial charge in [0.05, 0.1) is 5.56 Å². The van der Waals surface area contributed by atoms with E-state index in [2.05, 4.69) is 0 Å². The van der Waals surface area contributed by atoms with Gasteiger partial charge in [0.15, 0.2) is 5.82 Å². The number of hydrogen-bond acceptors (Lipinski definition) is 2. The average Bonchev–Trinajstić information content (AvgIpc) is 2.43. The van der Waals surface area contributed by atoms with Crippen molar-refractivity contribution in [2.75, 3.05) is 11.1 Å². The molecule has 1 amide bonds.